The number of hydrogen-bond acceptors (Lipinski definition) is 7. The first-order valence-electron chi connectivity index (χ1n) is 9.74. The summed E-state index contributed by atoms with van der Waals surface area (Å²) in [7, 11) is 4.55. The summed E-state index contributed by atoms with van der Waals surface area (Å²) in [5, 5.41) is 6.97. The maximum absolute atomic E-state index is 13.0. The highest BCUT2D eigenvalue weighted by molar-refractivity contribution is 6.08. The van der Waals surface area contributed by atoms with Crippen molar-refractivity contribution in [1.82, 2.24) is 10.1 Å². The molecule has 1 heterocycles. The van der Waals surface area contributed by atoms with Crippen molar-refractivity contribution in [2.75, 3.05) is 26.6 Å². The van der Waals surface area contributed by atoms with Gasteiger partial charge in [-0.05, 0) is 18.2 Å². The molecule has 1 aromatic heterocycles. The second-order valence-corrected chi connectivity index (χ2v) is 6.70. The van der Waals surface area contributed by atoms with E-state index in [1.807, 2.05) is 30.3 Å². The molecule has 8 nitrogen and oxygen atoms in total. The van der Waals surface area contributed by atoms with E-state index in [2.05, 4.69) is 15.5 Å². The Labute approximate surface area is 184 Å². The van der Waals surface area contributed by atoms with Crippen molar-refractivity contribution >= 4 is 11.6 Å². The summed E-state index contributed by atoms with van der Waals surface area (Å²) >= 11 is 0. The van der Waals surface area contributed by atoms with Crippen molar-refractivity contribution in [3.8, 4) is 40.1 Å². The molecule has 0 fully saturated rings. The van der Waals surface area contributed by atoms with E-state index < -0.39 is 0 Å². The molecule has 0 spiro atoms. The Kier molecular flexibility index (Phi) is 6.03. The number of hydrogen-bond donors (Lipinski definition) is 1. The molecule has 0 unspecified atom stereocenters. The predicted molar refractivity (Wildman–Crippen MR) is 119 cm³/mol. The Morgan fingerprint density at radius 3 is 2.22 bits per heavy atom. The van der Waals surface area contributed by atoms with Crippen molar-refractivity contribution in [2.45, 2.75) is 0 Å². The van der Waals surface area contributed by atoms with Gasteiger partial charge in [0.25, 0.3) is 11.8 Å². The number of anilines is 1. The molecule has 0 saturated carbocycles. The average molecular weight is 431 g/mol. The lowest BCUT2D eigenvalue weighted by Crippen LogP contribution is -2.14. The van der Waals surface area contributed by atoms with Crippen LogP contribution in [0.15, 0.2) is 71.3 Å². The molecule has 4 rings (SSSR count). The fraction of sp³-hybridized carbons (Fsp3) is 0.125. The molecule has 0 aliphatic rings. The van der Waals surface area contributed by atoms with Crippen LogP contribution >= 0.6 is 0 Å². The minimum atomic E-state index is -0.362. The third kappa shape index (κ3) is 4.11. The zero-order valence-corrected chi connectivity index (χ0v) is 17.8. The Hall–Kier alpha value is -4.33. The van der Waals surface area contributed by atoms with Gasteiger partial charge in [0.05, 0.1) is 38.1 Å². The number of nitrogens with zero attached hydrogens (tertiary/aromatic N) is 2. The molecular formula is C24H21N3O5. The highest BCUT2D eigenvalue weighted by Gasteiger charge is 2.21. The summed E-state index contributed by atoms with van der Waals surface area (Å²) in [6, 6.07) is 19.7. The fourth-order valence-corrected chi connectivity index (χ4v) is 3.22. The van der Waals surface area contributed by atoms with Gasteiger partial charge in [-0.25, -0.2) is 0 Å². The average Bonchev–Trinajstić information content (AvgIpc) is 3.34. The molecule has 32 heavy (non-hydrogen) atoms. The van der Waals surface area contributed by atoms with Gasteiger partial charge in [0.1, 0.15) is 5.75 Å². The Morgan fingerprint density at radius 1 is 0.844 bits per heavy atom. The number of aromatic nitrogens is 2. The number of carbonyl (C=O) groups excluding carboxylic acids is 1. The molecular weight excluding hydrogens is 410 g/mol. The normalized spacial score (nSPS) is 10.5. The maximum atomic E-state index is 13.0. The Morgan fingerprint density at radius 2 is 1.50 bits per heavy atom. The molecule has 0 radical (unpaired) electrons. The van der Waals surface area contributed by atoms with Crippen LogP contribution in [0, 0.1) is 0 Å². The smallest absolute Gasteiger partial charge is 0.260 e. The third-order valence-electron chi connectivity index (χ3n) is 4.81. The zero-order chi connectivity index (χ0) is 22.5. The fourth-order valence-electron chi connectivity index (χ4n) is 3.22. The number of benzene rings is 3. The van der Waals surface area contributed by atoms with Gasteiger partial charge in [-0.3, -0.25) is 4.79 Å². The van der Waals surface area contributed by atoms with E-state index in [4.69, 9.17) is 18.7 Å². The Balaban J connectivity index is 1.77. The summed E-state index contributed by atoms with van der Waals surface area (Å²) in [6.45, 7) is 0. The minimum absolute atomic E-state index is 0.222. The van der Waals surface area contributed by atoms with Crippen molar-refractivity contribution < 1.29 is 23.5 Å². The van der Waals surface area contributed by atoms with E-state index >= 15 is 0 Å². The summed E-state index contributed by atoms with van der Waals surface area (Å²) in [4.78, 5) is 17.5. The molecule has 0 aliphatic heterocycles. The molecule has 4 aromatic rings. The summed E-state index contributed by atoms with van der Waals surface area (Å²) in [5.74, 6) is 1.64. The van der Waals surface area contributed by atoms with Crippen molar-refractivity contribution in [1.29, 1.82) is 0 Å². The third-order valence-corrected chi connectivity index (χ3v) is 4.81. The topological polar surface area (TPSA) is 95.7 Å². The quantitative estimate of drug-likeness (QED) is 0.454. The lowest BCUT2D eigenvalue weighted by Gasteiger charge is -2.15. The highest BCUT2D eigenvalue weighted by atomic mass is 16.5. The number of ether oxygens (including phenoxy) is 3. The standard InChI is InChI=1S/C24H21N3O5/c1-29-19-12-8-7-11-16(19)23(28)25-18-14-21(31-3)20(30-2)13-17(18)24-26-22(27-32-24)15-9-5-4-6-10-15/h4-14H,1-3H3,(H,25,28). The maximum Gasteiger partial charge on any atom is 0.260 e. The monoisotopic (exact) mass is 431 g/mol. The molecule has 0 bridgehead atoms. The van der Waals surface area contributed by atoms with E-state index in [-0.39, 0.29) is 11.8 Å². The first kappa shape index (κ1) is 20.9. The lowest BCUT2D eigenvalue weighted by molar-refractivity contribution is 0.102. The Bertz CT molecular complexity index is 1240. The summed E-state index contributed by atoms with van der Waals surface area (Å²) < 4.78 is 21.7. The van der Waals surface area contributed by atoms with Crippen LogP contribution in [0.5, 0.6) is 17.2 Å². The van der Waals surface area contributed by atoms with E-state index in [0.717, 1.165) is 5.56 Å². The van der Waals surface area contributed by atoms with Crippen molar-refractivity contribution in [2.24, 2.45) is 0 Å². The summed E-state index contributed by atoms with van der Waals surface area (Å²) in [5.41, 5.74) is 2.09. The van der Waals surface area contributed by atoms with Gasteiger partial charge in [0, 0.05) is 11.6 Å². The number of carbonyl (C=O) groups is 1. The minimum Gasteiger partial charge on any atom is -0.496 e. The largest absolute Gasteiger partial charge is 0.496 e. The molecule has 0 aliphatic carbocycles. The van der Waals surface area contributed by atoms with Gasteiger partial charge in [-0.1, -0.05) is 47.6 Å². The van der Waals surface area contributed by atoms with Gasteiger partial charge in [-0.2, -0.15) is 4.98 Å². The van der Waals surface area contributed by atoms with Crippen LogP contribution in [0.3, 0.4) is 0 Å². The van der Waals surface area contributed by atoms with Crippen LogP contribution in [0.1, 0.15) is 10.4 Å². The number of amides is 1. The summed E-state index contributed by atoms with van der Waals surface area (Å²) in [6.07, 6.45) is 0. The number of rotatable bonds is 7. The second-order valence-electron chi connectivity index (χ2n) is 6.70. The SMILES string of the molecule is COc1cc(NC(=O)c2ccccc2OC)c(-c2nc(-c3ccccc3)no2)cc1OC. The van der Waals surface area contributed by atoms with E-state index in [1.165, 1.54) is 21.3 Å². The zero-order valence-electron chi connectivity index (χ0n) is 17.8. The van der Waals surface area contributed by atoms with Gasteiger partial charge in [-0.15, -0.1) is 0 Å². The van der Waals surface area contributed by atoms with E-state index in [9.17, 15) is 4.79 Å². The van der Waals surface area contributed by atoms with E-state index in [0.29, 0.717) is 39.9 Å². The first-order valence-corrected chi connectivity index (χ1v) is 9.74. The van der Waals surface area contributed by atoms with Gasteiger partial charge in [0.15, 0.2) is 11.5 Å². The lowest BCUT2D eigenvalue weighted by atomic mass is 10.1. The molecule has 1 amide bonds. The van der Waals surface area contributed by atoms with Crippen LogP contribution in [-0.4, -0.2) is 37.4 Å². The molecule has 0 saturated heterocycles. The van der Waals surface area contributed by atoms with Crippen LogP contribution in [0.4, 0.5) is 5.69 Å². The van der Waals surface area contributed by atoms with Crippen LogP contribution in [0.25, 0.3) is 22.8 Å². The van der Waals surface area contributed by atoms with Gasteiger partial charge >= 0.3 is 0 Å². The first-order chi connectivity index (χ1) is 15.6. The van der Waals surface area contributed by atoms with Gasteiger partial charge < -0.3 is 24.1 Å². The number of methoxy groups -OCH3 is 3. The molecule has 8 heteroatoms. The predicted octanol–water partition coefficient (Wildman–Crippen LogP) is 4.68. The van der Waals surface area contributed by atoms with Crippen LogP contribution in [-0.2, 0) is 0 Å². The number of para-hydroxylation sites is 1. The molecule has 3 aromatic carbocycles. The molecule has 0 atom stereocenters. The molecule has 1 N–H and O–H groups in total. The van der Waals surface area contributed by atoms with Crippen molar-refractivity contribution in [3.05, 3.63) is 72.3 Å². The molecule has 162 valence electrons. The highest BCUT2D eigenvalue weighted by Crippen LogP contribution is 2.39. The van der Waals surface area contributed by atoms with E-state index in [1.54, 1.807) is 36.4 Å². The van der Waals surface area contributed by atoms with Crippen LogP contribution < -0.4 is 19.5 Å². The van der Waals surface area contributed by atoms with Crippen LogP contribution in [0.2, 0.25) is 0 Å². The van der Waals surface area contributed by atoms with Crippen molar-refractivity contribution in [3.63, 3.8) is 0 Å². The second kappa shape index (κ2) is 9.22. The van der Waals surface area contributed by atoms with Gasteiger partial charge in [0.2, 0.25) is 5.82 Å². The number of nitrogens with one attached hydrogen (secondary N) is 1.